The molecule has 0 radical (unpaired) electrons. The first kappa shape index (κ1) is 74.9. The highest BCUT2D eigenvalue weighted by molar-refractivity contribution is 9.10. The minimum atomic E-state index is -0.476. The molecule has 0 bridgehead atoms. The summed E-state index contributed by atoms with van der Waals surface area (Å²) >= 11 is 7.09. The number of benzene rings is 10. The molecule has 0 unspecified atom stereocenters. The first-order valence-electron chi connectivity index (χ1n) is 34.5. The molecule has 0 N–H and O–H groups in total. The van der Waals surface area contributed by atoms with E-state index in [1.165, 1.54) is 38.9 Å². The normalized spacial score (nSPS) is 18.4. The van der Waals surface area contributed by atoms with E-state index < -0.39 is 50.7 Å². The molecule has 14 rings (SSSR count). The van der Waals surface area contributed by atoms with Gasteiger partial charge in [0.05, 0.1) is 44.8 Å². The summed E-state index contributed by atoms with van der Waals surface area (Å²) in [6.07, 6.45) is 0. The number of anilines is 6. The molecule has 4 fully saturated rings. The highest BCUT2D eigenvalue weighted by atomic mass is 79.9. The van der Waals surface area contributed by atoms with Crippen molar-refractivity contribution in [3.63, 3.8) is 0 Å². The van der Waals surface area contributed by atoms with Crippen LogP contribution in [0, 0.1) is 0 Å². The van der Waals surface area contributed by atoms with E-state index in [4.69, 9.17) is 37.2 Å². The van der Waals surface area contributed by atoms with Crippen LogP contribution in [-0.4, -0.2) is 73.1 Å². The number of hydrogen-bond acceptors (Lipinski definition) is 10. The van der Waals surface area contributed by atoms with Gasteiger partial charge in [0.25, 0.3) is 0 Å². The van der Waals surface area contributed by atoms with Crippen molar-refractivity contribution in [1.82, 2.24) is 0 Å². The fraction of sp³-hybridized carbons (Fsp3) is 0.294. The smallest absolute Gasteiger partial charge is 0.405 e. The number of nitrogens with zero attached hydrogens (tertiary/aromatic N) is 2. The van der Waals surface area contributed by atoms with Gasteiger partial charge < -0.3 is 47.0 Å². The fourth-order valence-electron chi connectivity index (χ4n) is 12.2. The molecule has 4 saturated heterocycles. The fourth-order valence-corrected chi connectivity index (χ4v) is 12.7. The van der Waals surface area contributed by atoms with Crippen LogP contribution in [0.5, 0.6) is 0 Å². The van der Waals surface area contributed by atoms with Crippen molar-refractivity contribution in [1.29, 1.82) is 0 Å². The quantitative estimate of drug-likeness (QED) is 0.104. The molecule has 0 atom stereocenters. The van der Waals surface area contributed by atoms with Crippen molar-refractivity contribution in [2.24, 2.45) is 0 Å². The largest absolute Gasteiger partial charge is 0.494 e. The van der Waals surface area contributed by atoms with Gasteiger partial charge in [-0.25, -0.2) is 0 Å². The van der Waals surface area contributed by atoms with Crippen LogP contribution in [0.15, 0.2) is 264 Å². The Morgan fingerprint density at radius 1 is 0.218 bits per heavy atom. The summed E-state index contributed by atoms with van der Waals surface area (Å²) in [4.78, 5) is 4.53. The SMILES string of the molecule is Brc1ccc(N(c2ccc(Br)cc2)c2ccc(-c3ccc(-c4ccccc4)cc3)cc2)cc1.C.CC1(C)OB(B2OC(C)(C)C(C)(C)O2)OC1(C)C.CC1(C)OB(c2ccc(N(c3ccc(B4OC(C)(C)C(C)(C)O4)cc3)c3ccc(-c4ccc(-c5ccccc5)cc4)cc3)cc2)OC1(C)C. The Morgan fingerprint density at radius 3 is 0.604 bits per heavy atom. The van der Waals surface area contributed by atoms with Gasteiger partial charge in [-0.2, -0.15) is 0 Å². The molecule has 10 aromatic rings. The van der Waals surface area contributed by atoms with Crippen molar-refractivity contribution >= 4 is 105 Å². The zero-order valence-corrected chi connectivity index (χ0v) is 63.6. The Morgan fingerprint density at radius 2 is 0.386 bits per heavy atom. The summed E-state index contributed by atoms with van der Waals surface area (Å²) in [6.45, 7) is 32.9. The van der Waals surface area contributed by atoms with Crippen LogP contribution in [-0.2, 0) is 37.2 Å². The second-order valence-corrected chi connectivity index (χ2v) is 32.0. The number of halogens is 2. The van der Waals surface area contributed by atoms with Gasteiger partial charge in [0.1, 0.15) is 0 Å². The van der Waals surface area contributed by atoms with E-state index in [2.05, 4.69) is 340 Å². The minimum Gasteiger partial charge on any atom is -0.405 e. The predicted molar refractivity (Wildman–Crippen MR) is 430 cm³/mol. The molecular weight excluding hydrogens is 1380 g/mol. The summed E-state index contributed by atoms with van der Waals surface area (Å²) in [6, 6.07) is 89.8. The van der Waals surface area contributed by atoms with Crippen LogP contribution in [0.1, 0.15) is 118 Å². The number of hydrogen-bond donors (Lipinski definition) is 0. The Balaban J connectivity index is 0.000000169. The third kappa shape index (κ3) is 16.2. The van der Waals surface area contributed by atoms with Gasteiger partial charge in [0.2, 0.25) is 0 Å². The van der Waals surface area contributed by atoms with E-state index >= 15 is 0 Å². The van der Waals surface area contributed by atoms with Gasteiger partial charge in [0, 0.05) is 43.1 Å². The van der Waals surface area contributed by atoms with Gasteiger partial charge in [-0.15, -0.1) is 0 Å². The van der Waals surface area contributed by atoms with Gasteiger partial charge >= 0.3 is 28.3 Å². The van der Waals surface area contributed by atoms with Crippen LogP contribution < -0.4 is 20.7 Å². The van der Waals surface area contributed by atoms with Crippen molar-refractivity contribution in [2.45, 2.75) is 163 Å². The van der Waals surface area contributed by atoms with Crippen LogP contribution >= 0.6 is 31.9 Å². The minimum absolute atomic E-state index is 0. The second-order valence-electron chi connectivity index (χ2n) is 30.2. The molecule has 4 heterocycles. The lowest BCUT2D eigenvalue weighted by molar-refractivity contribution is 0.00578. The van der Waals surface area contributed by atoms with Crippen LogP contribution in [0.25, 0.3) is 44.5 Å². The first-order chi connectivity index (χ1) is 47.3. The third-order valence-electron chi connectivity index (χ3n) is 21.2. The van der Waals surface area contributed by atoms with Crippen LogP contribution in [0.3, 0.4) is 0 Å². The Hall–Kier alpha value is -7.30. The second kappa shape index (κ2) is 29.4. The molecule has 16 heteroatoms. The highest BCUT2D eigenvalue weighted by Gasteiger charge is 2.64. The lowest BCUT2D eigenvalue weighted by atomic mass is 9.49. The maximum atomic E-state index is 6.34. The molecule has 0 saturated carbocycles. The topological polar surface area (TPSA) is 80.3 Å². The van der Waals surface area contributed by atoms with Crippen molar-refractivity contribution < 1.29 is 37.2 Å². The Kier molecular flexibility index (Phi) is 21.8. The zero-order chi connectivity index (χ0) is 71.2. The van der Waals surface area contributed by atoms with Crippen molar-refractivity contribution in [3.05, 3.63) is 264 Å². The molecule has 0 aliphatic carbocycles. The molecule has 0 aromatic heterocycles. The Bertz CT molecular complexity index is 4170. The average Bonchev–Trinajstić information content (AvgIpc) is 1.62. The summed E-state index contributed by atoms with van der Waals surface area (Å²) < 4.78 is 51.3. The molecule has 101 heavy (non-hydrogen) atoms. The van der Waals surface area contributed by atoms with E-state index in [1.807, 2.05) is 67.5 Å². The average molecular weight is 1470 g/mol. The molecule has 4 aliphatic heterocycles. The standard InChI is InChI=1S/C42H45B2NO4.C30H21Br2N.C12H24B2O4.CH4/c1-39(2)40(3,4)47-43(46-39)34-20-26-37(27-21-34)45(38-28-22-35(23-29-38)44-48-41(5,6)42(7,8)49-44)36-24-18-33(19-25-36)32-16-14-31(15-17-32)30-12-10-9-11-13-30;31-26-12-18-29(19-13-26)33(30-20-14-27(32)15-21-30)28-16-10-25(11-17-28)24-8-6-23(7-9-24)22-4-2-1-3-5-22;1-9(2)10(3,4)16-13(15-9)14-17-11(5,6)12(7,8)18-14;/h9-29H,1-8H3;1-21H;1-8H3;1H4. The molecule has 0 spiro atoms. The van der Waals surface area contributed by atoms with Gasteiger partial charge in [-0.1, -0.05) is 197 Å². The van der Waals surface area contributed by atoms with E-state index in [1.54, 1.807) is 0 Å². The van der Waals surface area contributed by atoms with Crippen LogP contribution in [0.2, 0.25) is 0 Å². The lowest BCUT2D eigenvalue weighted by Crippen LogP contribution is -2.41. The summed E-state index contributed by atoms with van der Waals surface area (Å²) in [5.41, 5.74) is 15.0. The van der Waals surface area contributed by atoms with Crippen LogP contribution in [0.4, 0.5) is 34.1 Å². The van der Waals surface area contributed by atoms with E-state index in [-0.39, 0.29) is 29.8 Å². The molecule has 10 aromatic carbocycles. The predicted octanol–water partition coefficient (Wildman–Crippen LogP) is 22.0. The van der Waals surface area contributed by atoms with Crippen molar-refractivity contribution in [2.75, 3.05) is 9.80 Å². The third-order valence-corrected chi connectivity index (χ3v) is 22.2. The highest BCUT2D eigenvalue weighted by Crippen LogP contribution is 2.45. The molecular formula is C85H94B4Br2N2O8. The molecule has 518 valence electrons. The van der Waals surface area contributed by atoms with E-state index in [0.29, 0.717) is 0 Å². The number of rotatable bonds is 13. The first-order valence-corrected chi connectivity index (χ1v) is 36.1. The van der Waals surface area contributed by atoms with Crippen molar-refractivity contribution in [3.8, 4) is 44.5 Å². The van der Waals surface area contributed by atoms with E-state index in [0.717, 1.165) is 59.6 Å². The van der Waals surface area contributed by atoms with Gasteiger partial charge in [-0.05, 0) is 263 Å². The van der Waals surface area contributed by atoms with Gasteiger partial charge in [0.15, 0.2) is 0 Å². The monoisotopic (exact) mass is 1470 g/mol. The molecule has 10 nitrogen and oxygen atoms in total. The molecule has 4 aliphatic rings. The van der Waals surface area contributed by atoms with Gasteiger partial charge in [-0.3, -0.25) is 0 Å². The van der Waals surface area contributed by atoms with E-state index in [9.17, 15) is 0 Å². The lowest BCUT2D eigenvalue weighted by Gasteiger charge is -2.32. The zero-order valence-electron chi connectivity index (χ0n) is 60.5. The maximum absolute atomic E-state index is 6.34. The summed E-state index contributed by atoms with van der Waals surface area (Å²) in [7, 11) is -1.79. The maximum Gasteiger partial charge on any atom is 0.494 e. The Labute approximate surface area is 619 Å². The molecule has 0 amide bonds. The summed E-state index contributed by atoms with van der Waals surface area (Å²) in [5, 5.41) is 0. The summed E-state index contributed by atoms with van der Waals surface area (Å²) in [5.74, 6) is 0.